The molecule has 0 bridgehead atoms. The Morgan fingerprint density at radius 2 is 2.11 bits per heavy atom. The van der Waals surface area contributed by atoms with Gasteiger partial charge < -0.3 is 4.74 Å². The molecule has 0 radical (unpaired) electrons. The highest BCUT2D eigenvalue weighted by Gasteiger charge is 2.33. The second-order valence-electron chi connectivity index (χ2n) is 4.71. The third-order valence-corrected chi connectivity index (χ3v) is 5.32. The van der Waals surface area contributed by atoms with Crippen LogP contribution in [-0.2, 0) is 19.6 Å². The molecule has 0 spiro atoms. The minimum atomic E-state index is -3.22. The van der Waals surface area contributed by atoms with Gasteiger partial charge >= 0.3 is 5.97 Å². The lowest BCUT2D eigenvalue weighted by Crippen LogP contribution is -2.45. The van der Waals surface area contributed by atoms with E-state index < -0.39 is 10.0 Å². The Morgan fingerprint density at radius 3 is 2.72 bits per heavy atom. The molecule has 0 aromatic rings. The van der Waals surface area contributed by atoms with Crippen LogP contribution in [0.2, 0.25) is 0 Å². The number of methoxy groups -OCH3 is 1. The summed E-state index contributed by atoms with van der Waals surface area (Å²) in [5.74, 6) is -0.154. The van der Waals surface area contributed by atoms with Crippen LogP contribution >= 0.6 is 0 Å². The molecule has 6 heteroatoms. The summed E-state index contributed by atoms with van der Waals surface area (Å²) >= 11 is 0. The fourth-order valence-corrected chi connectivity index (χ4v) is 4.19. The third-order valence-electron chi connectivity index (χ3n) is 3.32. The first-order valence-electron chi connectivity index (χ1n) is 6.57. The monoisotopic (exact) mass is 277 g/mol. The highest BCUT2D eigenvalue weighted by Crippen LogP contribution is 2.24. The molecule has 18 heavy (non-hydrogen) atoms. The predicted molar refractivity (Wildman–Crippen MR) is 69.7 cm³/mol. The molecule has 5 nitrogen and oxygen atoms in total. The first kappa shape index (κ1) is 15.4. The molecular formula is C12H23NO4S. The summed E-state index contributed by atoms with van der Waals surface area (Å²) in [4.78, 5) is 11.3. The van der Waals surface area contributed by atoms with Crippen molar-refractivity contribution in [2.75, 3.05) is 19.4 Å². The second-order valence-corrected chi connectivity index (χ2v) is 6.75. The molecule has 0 aliphatic carbocycles. The average molecular weight is 277 g/mol. The Morgan fingerprint density at radius 1 is 1.39 bits per heavy atom. The van der Waals surface area contributed by atoms with Crippen molar-refractivity contribution in [2.24, 2.45) is 0 Å². The molecule has 0 saturated carbocycles. The second kappa shape index (κ2) is 7.09. The Hall–Kier alpha value is -0.620. The van der Waals surface area contributed by atoms with E-state index >= 15 is 0 Å². The third kappa shape index (κ3) is 4.24. The molecule has 1 rings (SSSR count). The lowest BCUT2D eigenvalue weighted by Gasteiger charge is -2.34. The number of piperidine rings is 1. The van der Waals surface area contributed by atoms with Gasteiger partial charge in [-0.3, -0.25) is 4.79 Å². The molecule has 0 amide bonds. The largest absolute Gasteiger partial charge is 0.469 e. The smallest absolute Gasteiger partial charge is 0.307 e. The Balaban J connectivity index is 2.72. The van der Waals surface area contributed by atoms with Crippen LogP contribution in [0.1, 0.15) is 45.4 Å². The maximum atomic E-state index is 12.2. The van der Waals surface area contributed by atoms with E-state index in [2.05, 4.69) is 4.74 Å². The van der Waals surface area contributed by atoms with E-state index in [1.807, 2.05) is 6.92 Å². The van der Waals surface area contributed by atoms with E-state index in [-0.39, 0.29) is 24.2 Å². The number of hydrogen-bond acceptors (Lipinski definition) is 4. The number of carbonyl (C=O) groups is 1. The molecule has 1 fully saturated rings. The van der Waals surface area contributed by atoms with Crippen LogP contribution in [0.25, 0.3) is 0 Å². The van der Waals surface area contributed by atoms with Crippen molar-refractivity contribution in [1.29, 1.82) is 0 Å². The average Bonchev–Trinajstić information content (AvgIpc) is 2.36. The van der Waals surface area contributed by atoms with E-state index in [1.54, 1.807) is 0 Å². The number of carbonyl (C=O) groups excluding carboxylic acids is 1. The first-order valence-corrected chi connectivity index (χ1v) is 8.18. The molecule has 0 aromatic carbocycles. The number of nitrogens with zero attached hydrogens (tertiary/aromatic N) is 1. The highest BCUT2D eigenvalue weighted by atomic mass is 32.2. The maximum Gasteiger partial charge on any atom is 0.307 e. The van der Waals surface area contributed by atoms with E-state index in [9.17, 15) is 13.2 Å². The van der Waals surface area contributed by atoms with Gasteiger partial charge in [0.25, 0.3) is 0 Å². The van der Waals surface area contributed by atoms with Crippen LogP contribution < -0.4 is 0 Å². The van der Waals surface area contributed by atoms with Crippen molar-refractivity contribution in [3.63, 3.8) is 0 Å². The summed E-state index contributed by atoms with van der Waals surface area (Å²) in [7, 11) is -1.89. The maximum absolute atomic E-state index is 12.2. The Bertz CT molecular complexity index is 366. The minimum absolute atomic E-state index is 0.169. The zero-order valence-electron chi connectivity index (χ0n) is 11.2. The number of sulfonamides is 1. The number of rotatable bonds is 6. The summed E-state index contributed by atoms with van der Waals surface area (Å²) < 4.78 is 30.5. The number of hydrogen-bond donors (Lipinski definition) is 0. The molecule has 1 aliphatic heterocycles. The van der Waals surface area contributed by atoms with Crippen molar-refractivity contribution in [3.8, 4) is 0 Å². The van der Waals surface area contributed by atoms with E-state index in [1.165, 1.54) is 11.4 Å². The minimum Gasteiger partial charge on any atom is -0.469 e. The summed E-state index contributed by atoms with van der Waals surface area (Å²) in [6.07, 6.45) is 4.30. The molecule has 1 aliphatic rings. The Labute approximate surface area is 110 Å². The first-order chi connectivity index (χ1) is 8.51. The van der Waals surface area contributed by atoms with E-state index in [0.29, 0.717) is 13.0 Å². The fraction of sp³-hybridized carbons (Fsp3) is 0.917. The normalized spacial score (nSPS) is 21.8. The van der Waals surface area contributed by atoms with Crippen LogP contribution in [0.4, 0.5) is 0 Å². The number of unbranched alkanes of at least 4 members (excludes halogenated alkanes) is 1. The van der Waals surface area contributed by atoms with Crippen LogP contribution in [0.15, 0.2) is 0 Å². The molecule has 1 atom stereocenters. The lowest BCUT2D eigenvalue weighted by atomic mass is 10.0. The van der Waals surface area contributed by atoms with Gasteiger partial charge in [0.2, 0.25) is 10.0 Å². The van der Waals surface area contributed by atoms with Gasteiger partial charge in [0.1, 0.15) is 0 Å². The highest BCUT2D eigenvalue weighted by molar-refractivity contribution is 7.89. The molecule has 0 N–H and O–H groups in total. The van der Waals surface area contributed by atoms with Crippen LogP contribution in [0.3, 0.4) is 0 Å². The summed E-state index contributed by atoms with van der Waals surface area (Å²) in [6.45, 7) is 2.51. The van der Waals surface area contributed by atoms with E-state index in [0.717, 1.165) is 25.7 Å². The van der Waals surface area contributed by atoms with Gasteiger partial charge in [-0.05, 0) is 19.3 Å². The van der Waals surface area contributed by atoms with Crippen molar-refractivity contribution in [3.05, 3.63) is 0 Å². The van der Waals surface area contributed by atoms with Gasteiger partial charge in [-0.25, -0.2) is 8.42 Å². The predicted octanol–water partition coefficient (Wildman–Crippen LogP) is 1.53. The van der Waals surface area contributed by atoms with Crippen molar-refractivity contribution in [2.45, 2.75) is 51.5 Å². The van der Waals surface area contributed by atoms with Gasteiger partial charge in [-0.1, -0.05) is 19.8 Å². The SMILES string of the molecule is CCCCS(=O)(=O)N1CCCC[C@@H]1CC(=O)OC. The molecule has 1 heterocycles. The zero-order chi connectivity index (χ0) is 13.6. The lowest BCUT2D eigenvalue weighted by molar-refractivity contribution is -0.141. The van der Waals surface area contributed by atoms with Crippen LogP contribution in [0, 0.1) is 0 Å². The van der Waals surface area contributed by atoms with Gasteiger partial charge in [-0.15, -0.1) is 0 Å². The summed E-state index contributed by atoms with van der Waals surface area (Å²) in [6, 6.07) is -0.215. The molecule has 0 aromatic heterocycles. The van der Waals surface area contributed by atoms with Crippen molar-refractivity contribution >= 4 is 16.0 Å². The van der Waals surface area contributed by atoms with Crippen molar-refractivity contribution in [1.82, 2.24) is 4.31 Å². The van der Waals surface area contributed by atoms with Gasteiger partial charge in [0.15, 0.2) is 0 Å². The van der Waals surface area contributed by atoms with Gasteiger partial charge in [0.05, 0.1) is 19.3 Å². The van der Waals surface area contributed by atoms with Crippen LogP contribution in [-0.4, -0.2) is 44.1 Å². The fourth-order valence-electron chi connectivity index (χ4n) is 2.26. The standard InChI is InChI=1S/C12H23NO4S/c1-3-4-9-18(15,16)13-8-6-5-7-11(13)10-12(14)17-2/h11H,3-10H2,1-2H3/t11-/m1/s1. The Kier molecular flexibility index (Phi) is 6.08. The topological polar surface area (TPSA) is 63.7 Å². The van der Waals surface area contributed by atoms with Gasteiger partial charge in [0, 0.05) is 12.6 Å². The van der Waals surface area contributed by atoms with Crippen LogP contribution in [0.5, 0.6) is 0 Å². The molecular weight excluding hydrogens is 254 g/mol. The summed E-state index contributed by atoms with van der Waals surface area (Å²) in [5, 5.41) is 0. The molecule has 0 unspecified atom stereocenters. The summed E-state index contributed by atoms with van der Waals surface area (Å²) in [5.41, 5.74) is 0. The molecule has 1 saturated heterocycles. The molecule has 106 valence electrons. The number of ether oxygens (including phenoxy) is 1. The van der Waals surface area contributed by atoms with E-state index in [4.69, 9.17) is 0 Å². The van der Waals surface area contributed by atoms with Crippen molar-refractivity contribution < 1.29 is 17.9 Å². The number of esters is 1. The zero-order valence-corrected chi connectivity index (χ0v) is 12.0. The quantitative estimate of drug-likeness (QED) is 0.691. The van der Waals surface area contributed by atoms with Gasteiger partial charge in [-0.2, -0.15) is 4.31 Å².